The van der Waals surface area contributed by atoms with E-state index in [4.69, 9.17) is 17.0 Å². The van der Waals surface area contributed by atoms with Gasteiger partial charge in [-0.05, 0) is 62.0 Å². The van der Waals surface area contributed by atoms with Crippen molar-refractivity contribution in [1.82, 2.24) is 14.5 Å². The highest BCUT2D eigenvalue weighted by Crippen LogP contribution is 2.20. The molecule has 6 nitrogen and oxygen atoms in total. The standard InChI is InChI=1S/C20H25N3O3S/c1-13-4-2-8-22(11-13)18(24)14-6-7-16-17(10-14)21-20(27)23(19(16)25)12-15-5-3-9-26-15/h6-7,10,13,15H,2-5,8-9,11-12H2,1H3,(H,21,27)/t13-,15-/m1/s1. The smallest absolute Gasteiger partial charge is 0.262 e. The van der Waals surface area contributed by atoms with Crippen LogP contribution >= 0.6 is 12.2 Å². The Morgan fingerprint density at radius 3 is 2.93 bits per heavy atom. The van der Waals surface area contributed by atoms with E-state index in [2.05, 4.69) is 11.9 Å². The van der Waals surface area contributed by atoms with Crippen LogP contribution in [0, 0.1) is 10.7 Å². The van der Waals surface area contributed by atoms with Crippen molar-refractivity contribution in [2.45, 2.75) is 45.3 Å². The minimum Gasteiger partial charge on any atom is -0.376 e. The predicted molar refractivity (Wildman–Crippen MR) is 107 cm³/mol. The quantitative estimate of drug-likeness (QED) is 0.822. The molecule has 1 N–H and O–H groups in total. The Kier molecular flexibility index (Phi) is 5.14. The number of H-pyrrole nitrogens is 1. The Bertz CT molecular complexity index is 975. The van der Waals surface area contributed by atoms with Gasteiger partial charge in [-0.1, -0.05) is 6.92 Å². The van der Waals surface area contributed by atoms with Crippen LogP contribution in [-0.2, 0) is 11.3 Å². The number of aromatic nitrogens is 2. The molecule has 1 aromatic heterocycles. The number of fused-ring (bicyclic) bond motifs is 1. The topological polar surface area (TPSA) is 67.3 Å². The van der Waals surface area contributed by atoms with Crippen LogP contribution in [0.1, 0.15) is 43.0 Å². The molecule has 144 valence electrons. The second kappa shape index (κ2) is 7.56. The van der Waals surface area contributed by atoms with E-state index in [1.807, 2.05) is 4.90 Å². The lowest BCUT2D eigenvalue weighted by molar-refractivity contribution is 0.0683. The van der Waals surface area contributed by atoms with Gasteiger partial charge in [0.05, 0.1) is 23.6 Å². The van der Waals surface area contributed by atoms with Crippen molar-refractivity contribution in [3.05, 3.63) is 38.9 Å². The first-order chi connectivity index (χ1) is 13.0. The third kappa shape index (κ3) is 3.71. The van der Waals surface area contributed by atoms with E-state index in [0.29, 0.717) is 33.7 Å². The number of ether oxygens (including phenoxy) is 1. The van der Waals surface area contributed by atoms with E-state index in [-0.39, 0.29) is 17.6 Å². The van der Waals surface area contributed by atoms with Gasteiger partial charge in [-0.25, -0.2) is 0 Å². The van der Waals surface area contributed by atoms with Crippen LogP contribution in [0.5, 0.6) is 0 Å². The van der Waals surface area contributed by atoms with Gasteiger partial charge in [0.25, 0.3) is 11.5 Å². The van der Waals surface area contributed by atoms with Crippen LogP contribution in [0.25, 0.3) is 10.9 Å². The third-order valence-electron chi connectivity index (χ3n) is 5.58. The molecule has 2 aliphatic heterocycles. The number of likely N-dealkylation sites (tertiary alicyclic amines) is 1. The van der Waals surface area contributed by atoms with Crippen molar-refractivity contribution >= 4 is 29.0 Å². The van der Waals surface area contributed by atoms with Crippen molar-refractivity contribution in [2.75, 3.05) is 19.7 Å². The van der Waals surface area contributed by atoms with Gasteiger partial charge in [-0.3, -0.25) is 14.2 Å². The maximum atomic E-state index is 12.9. The number of rotatable bonds is 3. The van der Waals surface area contributed by atoms with Crippen molar-refractivity contribution in [3.8, 4) is 0 Å². The molecular formula is C20H25N3O3S. The Hall–Kier alpha value is -1.99. The maximum absolute atomic E-state index is 12.9. The SMILES string of the molecule is C[C@@H]1CCCN(C(=O)c2ccc3c(=O)n(C[C@H]4CCCO4)c(=S)[nH]c3c2)C1. The molecule has 4 rings (SSSR count). The van der Waals surface area contributed by atoms with Crippen LogP contribution in [-0.4, -0.2) is 46.2 Å². The Balaban J connectivity index is 1.65. The molecule has 27 heavy (non-hydrogen) atoms. The highest BCUT2D eigenvalue weighted by Gasteiger charge is 2.23. The lowest BCUT2D eigenvalue weighted by Gasteiger charge is -2.31. The summed E-state index contributed by atoms with van der Waals surface area (Å²) < 4.78 is 7.58. The van der Waals surface area contributed by atoms with Gasteiger partial charge in [0, 0.05) is 25.3 Å². The number of amides is 1. The first-order valence-electron chi connectivity index (χ1n) is 9.70. The minimum absolute atomic E-state index is 0.0197. The molecule has 2 atom stereocenters. The zero-order chi connectivity index (χ0) is 19.0. The Labute approximate surface area is 163 Å². The fourth-order valence-electron chi connectivity index (χ4n) is 4.10. The fourth-order valence-corrected chi connectivity index (χ4v) is 4.37. The number of aromatic amines is 1. The third-order valence-corrected chi connectivity index (χ3v) is 5.91. The van der Waals surface area contributed by atoms with Crippen LogP contribution in [0.15, 0.2) is 23.0 Å². The molecule has 0 aliphatic carbocycles. The van der Waals surface area contributed by atoms with E-state index in [9.17, 15) is 9.59 Å². The molecule has 1 aromatic carbocycles. The number of piperidine rings is 1. The monoisotopic (exact) mass is 387 g/mol. The minimum atomic E-state index is -0.130. The van der Waals surface area contributed by atoms with Gasteiger partial charge in [0.1, 0.15) is 0 Å². The van der Waals surface area contributed by atoms with Crippen LogP contribution < -0.4 is 5.56 Å². The lowest BCUT2D eigenvalue weighted by Crippen LogP contribution is -2.39. The van der Waals surface area contributed by atoms with Crippen molar-refractivity contribution in [2.24, 2.45) is 5.92 Å². The van der Waals surface area contributed by atoms with Crippen LogP contribution in [0.2, 0.25) is 0 Å². The molecule has 0 bridgehead atoms. The van der Waals surface area contributed by atoms with E-state index in [1.54, 1.807) is 22.8 Å². The van der Waals surface area contributed by atoms with Crippen molar-refractivity contribution in [3.63, 3.8) is 0 Å². The van der Waals surface area contributed by atoms with Gasteiger partial charge in [-0.2, -0.15) is 0 Å². The summed E-state index contributed by atoms with van der Waals surface area (Å²) >= 11 is 5.41. The average molecular weight is 388 g/mol. The van der Waals surface area contributed by atoms with E-state index >= 15 is 0 Å². The van der Waals surface area contributed by atoms with Crippen molar-refractivity contribution in [1.29, 1.82) is 0 Å². The van der Waals surface area contributed by atoms with Crippen molar-refractivity contribution < 1.29 is 9.53 Å². The van der Waals surface area contributed by atoms with Gasteiger partial charge in [-0.15, -0.1) is 0 Å². The number of benzene rings is 1. The Morgan fingerprint density at radius 2 is 2.19 bits per heavy atom. The van der Waals surface area contributed by atoms with Gasteiger partial charge in [0.2, 0.25) is 0 Å². The molecule has 2 aliphatic rings. The zero-order valence-corrected chi connectivity index (χ0v) is 16.4. The molecule has 2 aromatic rings. The molecule has 2 fully saturated rings. The van der Waals surface area contributed by atoms with E-state index in [0.717, 1.165) is 39.0 Å². The molecule has 0 spiro atoms. The summed E-state index contributed by atoms with van der Waals surface area (Å²) in [6.07, 6.45) is 4.21. The molecule has 3 heterocycles. The van der Waals surface area contributed by atoms with E-state index < -0.39 is 0 Å². The number of hydrogen-bond acceptors (Lipinski definition) is 4. The number of nitrogens with one attached hydrogen (secondary N) is 1. The summed E-state index contributed by atoms with van der Waals surface area (Å²) in [6.45, 7) is 4.96. The molecule has 0 saturated carbocycles. The number of carbonyl (C=O) groups excluding carboxylic acids is 1. The first-order valence-corrected chi connectivity index (χ1v) is 10.1. The average Bonchev–Trinajstić information content (AvgIpc) is 3.17. The zero-order valence-electron chi connectivity index (χ0n) is 15.6. The number of hydrogen-bond donors (Lipinski definition) is 1. The summed E-state index contributed by atoms with van der Waals surface area (Å²) in [5.74, 6) is 0.547. The fraction of sp³-hybridized carbons (Fsp3) is 0.550. The molecule has 1 amide bonds. The number of carbonyl (C=O) groups is 1. The highest BCUT2D eigenvalue weighted by atomic mass is 32.1. The molecule has 2 saturated heterocycles. The van der Waals surface area contributed by atoms with Gasteiger partial charge in [0.15, 0.2) is 4.77 Å². The van der Waals surface area contributed by atoms with Crippen LogP contribution in [0.3, 0.4) is 0 Å². The molecule has 0 unspecified atom stereocenters. The second-order valence-electron chi connectivity index (χ2n) is 7.74. The largest absolute Gasteiger partial charge is 0.376 e. The molecular weight excluding hydrogens is 362 g/mol. The Morgan fingerprint density at radius 1 is 1.33 bits per heavy atom. The predicted octanol–water partition coefficient (Wildman–Crippen LogP) is 3.11. The summed E-state index contributed by atoms with van der Waals surface area (Å²) in [5.41, 5.74) is 1.08. The highest BCUT2D eigenvalue weighted by molar-refractivity contribution is 7.71. The maximum Gasteiger partial charge on any atom is 0.262 e. The van der Waals surface area contributed by atoms with Gasteiger partial charge >= 0.3 is 0 Å². The number of nitrogens with zero attached hydrogens (tertiary/aromatic N) is 2. The normalized spacial score (nSPS) is 23.1. The van der Waals surface area contributed by atoms with E-state index in [1.165, 1.54) is 6.42 Å². The molecule has 0 radical (unpaired) electrons. The summed E-state index contributed by atoms with van der Waals surface area (Å²) in [4.78, 5) is 30.8. The lowest BCUT2D eigenvalue weighted by atomic mass is 9.99. The molecule has 7 heteroatoms. The summed E-state index contributed by atoms with van der Waals surface area (Å²) in [5, 5.41) is 0.546. The summed E-state index contributed by atoms with van der Waals surface area (Å²) in [6, 6.07) is 5.23. The van der Waals surface area contributed by atoms with Crippen LogP contribution in [0.4, 0.5) is 0 Å². The second-order valence-corrected chi connectivity index (χ2v) is 8.13. The summed E-state index contributed by atoms with van der Waals surface area (Å²) in [7, 11) is 0. The van der Waals surface area contributed by atoms with Gasteiger partial charge < -0.3 is 14.6 Å². The first kappa shape index (κ1) is 18.4.